The molecule has 0 spiro atoms. The summed E-state index contributed by atoms with van der Waals surface area (Å²) < 4.78 is 5.64. The third-order valence-corrected chi connectivity index (χ3v) is 4.39. The van der Waals surface area contributed by atoms with Crippen LogP contribution in [-0.4, -0.2) is 42.7 Å². The van der Waals surface area contributed by atoms with Gasteiger partial charge >= 0.3 is 0 Å². The third-order valence-electron chi connectivity index (χ3n) is 4.39. The number of ether oxygens (including phenoxy) is 1. The van der Waals surface area contributed by atoms with Gasteiger partial charge in [0.15, 0.2) is 5.96 Å². The van der Waals surface area contributed by atoms with E-state index in [1.165, 1.54) is 0 Å². The molecular formula is C24H35IN4O3. The van der Waals surface area contributed by atoms with Crippen LogP contribution in [-0.2, 0) is 6.54 Å². The maximum Gasteiger partial charge on any atom is 0.251 e. The zero-order valence-electron chi connectivity index (χ0n) is 19.2. The number of aliphatic imine (C=N–C) groups is 1. The molecule has 0 radical (unpaired) electrons. The van der Waals surface area contributed by atoms with Crippen molar-refractivity contribution < 1.29 is 14.6 Å². The maximum absolute atomic E-state index is 12.0. The van der Waals surface area contributed by atoms with Crippen LogP contribution in [0.2, 0.25) is 0 Å². The van der Waals surface area contributed by atoms with E-state index < -0.39 is 6.10 Å². The number of hydrogen-bond donors (Lipinski definition) is 4. The molecule has 2 rings (SSSR count). The predicted molar refractivity (Wildman–Crippen MR) is 140 cm³/mol. The summed E-state index contributed by atoms with van der Waals surface area (Å²) in [5, 5.41) is 19.7. The summed E-state index contributed by atoms with van der Waals surface area (Å²) >= 11 is 0. The second-order valence-electron chi connectivity index (χ2n) is 7.39. The van der Waals surface area contributed by atoms with Crippen molar-refractivity contribution in [3.8, 4) is 5.75 Å². The smallest absolute Gasteiger partial charge is 0.251 e. The first-order valence-electron chi connectivity index (χ1n) is 10.8. The number of aliphatic hydroxyl groups excluding tert-OH is 1. The summed E-state index contributed by atoms with van der Waals surface area (Å²) in [5.41, 5.74) is 2.35. The molecule has 0 saturated heterocycles. The van der Waals surface area contributed by atoms with E-state index in [9.17, 15) is 9.90 Å². The summed E-state index contributed by atoms with van der Waals surface area (Å²) in [5.74, 6) is 1.29. The molecule has 0 bridgehead atoms. The average molecular weight is 554 g/mol. The molecule has 176 valence electrons. The summed E-state index contributed by atoms with van der Waals surface area (Å²) in [4.78, 5) is 16.6. The molecular weight excluding hydrogens is 519 g/mol. The molecule has 2 aromatic rings. The van der Waals surface area contributed by atoms with Crippen LogP contribution in [0.25, 0.3) is 0 Å². The Bertz CT molecular complexity index is 857. The minimum atomic E-state index is -0.682. The topological polar surface area (TPSA) is 95.0 Å². The van der Waals surface area contributed by atoms with Crippen LogP contribution in [0.4, 0.5) is 0 Å². The van der Waals surface area contributed by atoms with Crippen molar-refractivity contribution in [3.05, 3.63) is 65.2 Å². The van der Waals surface area contributed by atoms with E-state index in [-0.39, 0.29) is 36.0 Å². The predicted octanol–water partition coefficient (Wildman–Crippen LogP) is 3.63. The Balaban J connectivity index is 0.00000512. The van der Waals surface area contributed by atoms with E-state index in [4.69, 9.17) is 4.74 Å². The molecule has 2 aromatic carbocycles. The van der Waals surface area contributed by atoms with Crippen molar-refractivity contribution in [2.45, 2.75) is 46.4 Å². The molecule has 8 heteroatoms. The van der Waals surface area contributed by atoms with Gasteiger partial charge in [-0.3, -0.25) is 4.79 Å². The Morgan fingerprint density at radius 1 is 1.03 bits per heavy atom. The van der Waals surface area contributed by atoms with Gasteiger partial charge in [-0.1, -0.05) is 24.3 Å². The number of nitrogens with zero attached hydrogens (tertiary/aromatic N) is 1. The van der Waals surface area contributed by atoms with Crippen LogP contribution in [0.1, 0.15) is 55.3 Å². The van der Waals surface area contributed by atoms with Crippen molar-refractivity contribution in [3.63, 3.8) is 0 Å². The standard InChI is InChI=1S/C24H34N4O3.HI/c1-5-25-23(30)20-9-7-8-18(14-20)15-27-24(26-6-2)28-16-22(29)19-10-12-21(13-11-19)31-17(3)4;/h7-14,17,22,29H,5-6,15-16H2,1-4H3,(H,25,30)(H2,26,27,28);1H. The number of benzene rings is 2. The van der Waals surface area contributed by atoms with Crippen LogP contribution in [0.3, 0.4) is 0 Å². The van der Waals surface area contributed by atoms with Gasteiger partial charge in [-0.05, 0) is 63.1 Å². The zero-order valence-corrected chi connectivity index (χ0v) is 21.6. The van der Waals surface area contributed by atoms with Gasteiger partial charge in [0, 0.05) is 25.2 Å². The number of guanidine groups is 1. The van der Waals surface area contributed by atoms with E-state index >= 15 is 0 Å². The Labute approximate surface area is 208 Å². The van der Waals surface area contributed by atoms with Gasteiger partial charge in [-0.25, -0.2) is 4.99 Å². The molecule has 1 atom stereocenters. The van der Waals surface area contributed by atoms with Gasteiger partial charge in [0.2, 0.25) is 0 Å². The fourth-order valence-corrected chi connectivity index (χ4v) is 2.94. The minimum absolute atomic E-state index is 0. The van der Waals surface area contributed by atoms with Crippen LogP contribution < -0.4 is 20.7 Å². The Hall–Kier alpha value is -2.33. The van der Waals surface area contributed by atoms with E-state index in [1.807, 2.05) is 70.2 Å². The molecule has 0 aliphatic rings. The van der Waals surface area contributed by atoms with Gasteiger partial charge in [0.05, 0.1) is 18.8 Å². The lowest BCUT2D eigenvalue weighted by atomic mass is 10.1. The SMILES string of the molecule is CCNC(=O)c1cccc(CN=C(NCC)NCC(O)c2ccc(OC(C)C)cc2)c1.I. The van der Waals surface area contributed by atoms with Gasteiger partial charge in [-0.15, -0.1) is 24.0 Å². The molecule has 4 N–H and O–H groups in total. The number of hydrogen-bond acceptors (Lipinski definition) is 4. The molecule has 0 aromatic heterocycles. The molecule has 0 aliphatic heterocycles. The van der Waals surface area contributed by atoms with Crippen LogP contribution in [0.15, 0.2) is 53.5 Å². The number of rotatable bonds is 10. The molecule has 0 fully saturated rings. The van der Waals surface area contributed by atoms with Crippen LogP contribution in [0.5, 0.6) is 5.75 Å². The highest BCUT2D eigenvalue weighted by molar-refractivity contribution is 14.0. The maximum atomic E-state index is 12.0. The molecule has 1 unspecified atom stereocenters. The summed E-state index contributed by atoms with van der Waals surface area (Å²) in [6, 6.07) is 14.9. The first kappa shape index (κ1) is 27.7. The summed E-state index contributed by atoms with van der Waals surface area (Å²) in [6.45, 7) is 9.84. The van der Waals surface area contributed by atoms with Crippen molar-refractivity contribution >= 4 is 35.8 Å². The Morgan fingerprint density at radius 2 is 1.72 bits per heavy atom. The zero-order chi connectivity index (χ0) is 22.6. The second kappa shape index (κ2) is 14.7. The summed E-state index contributed by atoms with van der Waals surface area (Å²) in [7, 11) is 0. The van der Waals surface area contributed by atoms with Crippen molar-refractivity contribution in [1.82, 2.24) is 16.0 Å². The number of amides is 1. The average Bonchev–Trinajstić information content (AvgIpc) is 2.76. The molecule has 0 saturated carbocycles. The molecule has 0 aliphatic carbocycles. The highest BCUT2D eigenvalue weighted by atomic mass is 127. The van der Waals surface area contributed by atoms with E-state index in [2.05, 4.69) is 20.9 Å². The molecule has 32 heavy (non-hydrogen) atoms. The third kappa shape index (κ3) is 9.44. The van der Waals surface area contributed by atoms with Crippen LogP contribution in [0, 0.1) is 0 Å². The lowest BCUT2D eigenvalue weighted by Crippen LogP contribution is -2.39. The van der Waals surface area contributed by atoms with Gasteiger partial charge in [0.1, 0.15) is 5.75 Å². The monoisotopic (exact) mass is 554 g/mol. The lowest BCUT2D eigenvalue weighted by molar-refractivity contribution is 0.0955. The summed E-state index contributed by atoms with van der Waals surface area (Å²) in [6.07, 6.45) is -0.573. The fourth-order valence-electron chi connectivity index (χ4n) is 2.94. The lowest BCUT2D eigenvalue weighted by Gasteiger charge is -2.16. The van der Waals surface area contributed by atoms with E-state index in [0.29, 0.717) is 37.7 Å². The number of nitrogens with one attached hydrogen (secondary N) is 3. The number of carbonyl (C=O) groups excluding carboxylic acids is 1. The van der Waals surface area contributed by atoms with Crippen LogP contribution >= 0.6 is 24.0 Å². The Kier molecular flexibility index (Phi) is 12.7. The van der Waals surface area contributed by atoms with Crippen molar-refractivity contribution in [1.29, 1.82) is 0 Å². The quantitative estimate of drug-likeness (QED) is 0.205. The highest BCUT2D eigenvalue weighted by Gasteiger charge is 2.10. The van der Waals surface area contributed by atoms with Crippen molar-refractivity contribution in [2.75, 3.05) is 19.6 Å². The second-order valence-corrected chi connectivity index (χ2v) is 7.39. The number of halogens is 1. The number of carbonyl (C=O) groups is 1. The molecule has 0 heterocycles. The first-order chi connectivity index (χ1) is 14.9. The minimum Gasteiger partial charge on any atom is -0.491 e. The highest BCUT2D eigenvalue weighted by Crippen LogP contribution is 2.18. The van der Waals surface area contributed by atoms with Gasteiger partial charge in [0.25, 0.3) is 5.91 Å². The normalized spacial score (nSPS) is 12.0. The van der Waals surface area contributed by atoms with E-state index in [0.717, 1.165) is 16.9 Å². The fraction of sp³-hybridized carbons (Fsp3) is 0.417. The van der Waals surface area contributed by atoms with Crippen molar-refractivity contribution in [2.24, 2.45) is 4.99 Å². The molecule has 1 amide bonds. The van der Waals surface area contributed by atoms with Gasteiger partial charge < -0.3 is 25.8 Å². The van der Waals surface area contributed by atoms with E-state index in [1.54, 1.807) is 6.07 Å². The number of aliphatic hydroxyl groups is 1. The molecule has 7 nitrogen and oxygen atoms in total. The Morgan fingerprint density at radius 3 is 2.34 bits per heavy atom. The van der Waals surface area contributed by atoms with Gasteiger partial charge in [-0.2, -0.15) is 0 Å². The first-order valence-corrected chi connectivity index (χ1v) is 10.8. The largest absolute Gasteiger partial charge is 0.491 e.